The number of aliphatic carboxylic acids is 1. The minimum absolute atomic E-state index is 0.0483. The number of benzene rings is 1. The second kappa shape index (κ2) is 7.10. The van der Waals surface area contributed by atoms with Gasteiger partial charge in [-0.25, -0.2) is 4.79 Å². The Labute approximate surface area is 120 Å². The minimum atomic E-state index is -0.951. The highest BCUT2D eigenvalue weighted by atomic mass is 16.5. The molecule has 0 aliphatic heterocycles. The number of anilines is 1. The zero-order valence-corrected chi connectivity index (χ0v) is 12.6. The third-order valence-electron chi connectivity index (χ3n) is 2.95. The van der Waals surface area contributed by atoms with Crippen LogP contribution in [-0.4, -0.2) is 31.3 Å². The summed E-state index contributed by atoms with van der Waals surface area (Å²) >= 11 is 0. The van der Waals surface area contributed by atoms with Crippen molar-refractivity contribution in [2.75, 3.05) is 25.6 Å². The van der Waals surface area contributed by atoms with Crippen LogP contribution in [0, 0.1) is 0 Å². The number of nitrogens with one attached hydrogen (secondary N) is 1. The Bertz CT molecular complexity index is 487. The normalized spacial score (nSPS) is 11.8. The summed E-state index contributed by atoms with van der Waals surface area (Å²) in [6.45, 7) is 7.72. The van der Waals surface area contributed by atoms with E-state index in [9.17, 15) is 4.79 Å². The van der Waals surface area contributed by atoms with Gasteiger partial charge in [-0.3, -0.25) is 0 Å². The van der Waals surface area contributed by atoms with Crippen LogP contribution in [0.4, 0.5) is 5.69 Å². The topological polar surface area (TPSA) is 58.6 Å². The van der Waals surface area contributed by atoms with E-state index in [1.165, 1.54) is 5.56 Å². The Kier molecular flexibility index (Phi) is 5.77. The van der Waals surface area contributed by atoms with Crippen LogP contribution < -0.4 is 5.32 Å². The Morgan fingerprint density at radius 2 is 2.10 bits per heavy atom. The highest BCUT2D eigenvalue weighted by Gasteiger charge is 2.15. The molecular weight excluding hydrogens is 254 g/mol. The second-order valence-electron chi connectivity index (χ2n) is 5.64. The fourth-order valence-electron chi connectivity index (χ4n) is 1.77. The Hall–Kier alpha value is -1.81. The summed E-state index contributed by atoms with van der Waals surface area (Å²) in [4.78, 5) is 10.6. The number of rotatable bonds is 6. The first-order valence-corrected chi connectivity index (χ1v) is 6.63. The molecule has 4 heteroatoms. The predicted molar refractivity (Wildman–Crippen MR) is 82.2 cm³/mol. The van der Waals surface area contributed by atoms with Gasteiger partial charge in [0.15, 0.2) is 0 Å². The summed E-state index contributed by atoms with van der Waals surface area (Å²) in [6, 6.07) is 6.04. The predicted octanol–water partition coefficient (Wildman–Crippen LogP) is 3.14. The van der Waals surface area contributed by atoms with E-state index in [4.69, 9.17) is 9.84 Å². The van der Waals surface area contributed by atoms with Crippen LogP contribution in [0.2, 0.25) is 0 Å². The van der Waals surface area contributed by atoms with Crippen LogP contribution in [-0.2, 0) is 14.9 Å². The van der Waals surface area contributed by atoms with E-state index in [-0.39, 0.29) is 5.41 Å². The quantitative estimate of drug-likeness (QED) is 0.619. The number of carboxylic acid groups (broad SMARTS) is 1. The molecule has 0 spiro atoms. The molecular formula is C16H23NO3. The highest BCUT2D eigenvalue weighted by molar-refractivity contribution is 5.87. The van der Waals surface area contributed by atoms with Crippen LogP contribution in [0.3, 0.4) is 0 Å². The van der Waals surface area contributed by atoms with Crippen molar-refractivity contribution in [3.05, 3.63) is 35.4 Å². The monoisotopic (exact) mass is 277 g/mol. The highest BCUT2D eigenvalue weighted by Crippen LogP contribution is 2.27. The van der Waals surface area contributed by atoms with E-state index >= 15 is 0 Å². The molecule has 0 bridgehead atoms. The number of ether oxygens (including phenoxy) is 1. The van der Waals surface area contributed by atoms with Crippen molar-refractivity contribution >= 4 is 17.7 Å². The van der Waals surface area contributed by atoms with Gasteiger partial charge >= 0.3 is 5.97 Å². The summed E-state index contributed by atoms with van der Waals surface area (Å²) in [6.07, 6.45) is 2.75. The Balaban J connectivity index is 3.06. The fourth-order valence-corrected chi connectivity index (χ4v) is 1.77. The molecule has 2 N–H and O–H groups in total. The van der Waals surface area contributed by atoms with E-state index in [1.54, 1.807) is 13.2 Å². The molecule has 20 heavy (non-hydrogen) atoms. The molecule has 0 aliphatic carbocycles. The second-order valence-corrected chi connectivity index (χ2v) is 5.64. The van der Waals surface area contributed by atoms with Crippen molar-refractivity contribution in [2.24, 2.45) is 0 Å². The molecule has 0 saturated heterocycles. The Morgan fingerprint density at radius 3 is 2.65 bits per heavy atom. The summed E-state index contributed by atoms with van der Waals surface area (Å²) in [7, 11) is 1.65. The molecule has 0 radical (unpaired) electrons. The van der Waals surface area contributed by atoms with Crippen molar-refractivity contribution in [3.8, 4) is 0 Å². The van der Waals surface area contributed by atoms with Crippen molar-refractivity contribution in [3.63, 3.8) is 0 Å². The zero-order chi connectivity index (χ0) is 15.2. The zero-order valence-electron chi connectivity index (χ0n) is 12.6. The molecule has 1 aromatic carbocycles. The molecule has 0 amide bonds. The molecule has 1 aromatic rings. The smallest absolute Gasteiger partial charge is 0.328 e. The lowest BCUT2D eigenvalue weighted by Gasteiger charge is -2.21. The van der Waals surface area contributed by atoms with E-state index in [0.717, 1.165) is 17.3 Å². The molecule has 0 aliphatic rings. The van der Waals surface area contributed by atoms with Crippen LogP contribution >= 0.6 is 0 Å². The SMILES string of the molecule is COCCNc1cc(C(C)(C)C)ccc1C=CC(=O)O. The molecule has 0 heterocycles. The maximum absolute atomic E-state index is 10.6. The molecule has 4 nitrogen and oxygen atoms in total. The summed E-state index contributed by atoms with van der Waals surface area (Å²) in [5.74, 6) is -0.951. The first-order valence-electron chi connectivity index (χ1n) is 6.63. The fraction of sp³-hybridized carbons (Fsp3) is 0.438. The van der Waals surface area contributed by atoms with Crippen LogP contribution in [0.25, 0.3) is 6.08 Å². The minimum Gasteiger partial charge on any atom is -0.478 e. The number of methoxy groups -OCH3 is 1. The van der Waals surface area contributed by atoms with Crippen LogP contribution in [0.5, 0.6) is 0 Å². The average Bonchev–Trinajstić information content (AvgIpc) is 2.36. The van der Waals surface area contributed by atoms with E-state index < -0.39 is 5.97 Å². The van der Waals surface area contributed by atoms with Gasteiger partial charge in [-0.1, -0.05) is 32.9 Å². The molecule has 0 unspecified atom stereocenters. The third kappa shape index (κ3) is 5.05. The Morgan fingerprint density at radius 1 is 1.40 bits per heavy atom. The van der Waals surface area contributed by atoms with Gasteiger partial charge < -0.3 is 15.2 Å². The average molecular weight is 277 g/mol. The van der Waals surface area contributed by atoms with Gasteiger partial charge in [-0.15, -0.1) is 0 Å². The van der Waals surface area contributed by atoms with Gasteiger partial charge in [0.05, 0.1) is 6.61 Å². The summed E-state index contributed by atoms with van der Waals surface area (Å²) < 4.78 is 5.02. The van der Waals surface area contributed by atoms with Gasteiger partial charge in [0.25, 0.3) is 0 Å². The molecule has 110 valence electrons. The number of carboxylic acids is 1. The lowest BCUT2D eigenvalue weighted by Crippen LogP contribution is -2.13. The molecule has 1 rings (SSSR count). The van der Waals surface area contributed by atoms with Gasteiger partial charge in [0.1, 0.15) is 0 Å². The first-order chi connectivity index (χ1) is 9.34. The van der Waals surface area contributed by atoms with Crippen molar-refractivity contribution in [1.82, 2.24) is 0 Å². The maximum atomic E-state index is 10.6. The summed E-state index contributed by atoms with van der Waals surface area (Å²) in [5, 5.41) is 12.0. The van der Waals surface area contributed by atoms with Crippen molar-refractivity contribution in [2.45, 2.75) is 26.2 Å². The van der Waals surface area contributed by atoms with E-state index in [1.807, 2.05) is 12.1 Å². The lowest BCUT2D eigenvalue weighted by molar-refractivity contribution is -0.131. The van der Waals surface area contributed by atoms with E-state index in [2.05, 4.69) is 32.2 Å². The van der Waals surface area contributed by atoms with Gasteiger partial charge in [0, 0.05) is 25.4 Å². The maximum Gasteiger partial charge on any atom is 0.328 e. The van der Waals surface area contributed by atoms with Gasteiger partial charge in [0.2, 0.25) is 0 Å². The van der Waals surface area contributed by atoms with Crippen molar-refractivity contribution < 1.29 is 14.6 Å². The van der Waals surface area contributed by atoms with Crippen LogP contribution in [0.15, 0.2) is 24.3 Å². The molecule has 0 fully saturated rings. The van der Waals surface area contributed by atoms with Gasteiger partial charge in [-0.2, -0.15) is 0 Å². The lowest BCUT2D eigenvalue weighted by atomic mass is 9.86. The van der Waals surface area contributed by atoms with Crippen LogP contribution in [0.1, 0.15) is 31.9 Å². The third-order valence-corrected chi connectivity index (χ3v) is 2.95. The van der Waals surface area contributed by atoms with Crippen molar-refractivity contribution in [1.29, 1.82) is 0 Å². The number of hydrogen-bond donors (Lipinski definition) is 2. The number of carbonyl (C=O) groups is 1. The molecule has 0 saturated carbocycles. The standard InChI is InChI=1S/C16H23NO3/c1-16(2,3)13-7-5-12(6-8-15(18)19)14(11-13)17-9-10-20-4/h5-8,11,17H,9-10H2,1-4H3,(H,18,19). The first kappa shape index (κ1) is 16.2. The summed E-state index contributed by atoms with van der Waals surface area (Å²) in [5.41, 5.74) is 3.03. The molecule has 0 aromatic heterocycles. The molecule has 0 atom stereocenters. The number of hydrogen-bond acceptors (Lipinski definition) is 3. The largest absolute Gasteiger partial charge is 0.478 e. The van der Waals surface area contributed by atoms with E-state index in [0.29, 0.717) is 13.2 Å². The van der Waals surface area contributed by atoms with Gasteiger partial charge in [-0.05, 0) is 28.7 Å².